The number of carbonyl (C=O) groups excluding carboxylic acids is 2. The lowest BCUT2D eigenvalue weighted by Gasteiger charge is -2.53. The lowest BCUT2D eigenvalue weighted by Crippen LogP contribution is -2.49. The molecule has 0 spiro atoms. The molecular weight excluding hydrogens is 326 g/mol. The van der Waals surface area contributed by atoms with E-state index in [0.29, 0.717) is 11.8 Å². The van der Waals surface area contributed by atoms with Crippen molar-refractivity contribution in [1.82, 2.24) is 5.32 Å². The molecule has 5 fully saturated rings. The second-order valence-corrected chi connectivity index (χ2v) is 8.97. The van der Waals surface area contributed by atoms with E-state index in [0.717, 1.165) is 30.2 Å². The molecule has 0 heterocycles. The normalized spacial score (nSPS) is 35.8. The van der Waals surface area contributed by atoms with Crippen LogP contribution in [0, 0.1) is 29.6 Å². The number of carbonyl (C=O) groups is 2. The number of hydrogen-bond acceptors (Lipinski definition) is 3. The van der Waals surface area contributed by atoms with Gasteiger partial charge in [-0.3, -0.25) is 9.59 Å². The van der Waals surface area contributed by atoms with Gasteiger partial charge in [0.25, 0.3) is 5.91 Å². The summed E-state index contributed by atoms with van der Waals surface area (Å²) in [5, 5.41) is 3.01. The molecule has 1 aromatic rings. The Balaban J connectivity index is 1.34. The highest BCUT2D eigenvalue weighted by Gasteiger charge is 2.52. The molecule has 1 N–H and O–H groups in total. The van der Waals surface area contributed by atoms with Gasteiger partial charge in [0, 0.05) is 11.6 Å². The van der Waals surface area contributed by atoms with Crippen molar-refractivity contribution in [1.29, 1.82) is 0 Å². The second kappa shape index (κ2) is 6.40. The molecule has 5 aliphatic rings. The van der Waals surface area contributed by atoms with Crippen LogP contribution in [0.15, 0.2) is 30.3 Å². The summed E-state index contributed by atoms with van der Waals surface area (Å²) < 4.78 is 5.90. The zero-order valence-corrected chi connectivity index (χ0v) is 15.1. The molecule has 1 amide bonds. The van der Waals surface area contributed by atoms with Gasteiger partial charge in [-0.2, -0.15) is 0 Å². The SMILES string of the molecule is O=C(O[C@@H](C(=O)NC1CC1)c1ccccc1)C1C2CC3CC(C2)CC1C3. The fraction of sp³-hybridized carbons (Fsp3) is 0.636. The molecule has 138 valence electrons. The minimum absolute atomic E-state index is 0.00253. The van der Waals surface area contributed by atoms with Gasteiger partial charge in [0.15, 0.2) is 0 Å². The smallest absolute Gasteiger partial charge is 0.310 e. The van der Waals surface area contributed by atoms with E-state index in [4.69, 9.17) is 4.74 Å². The Bertz CT molecular complexity index is 669. The maximum atomic E-state index is 13.1. The van der Waals surface area contributed by atoms with E-state index in [-0.39, 0.29) is 23.8 Å². The Kier molecular flexibility index (Phi) is 4.02. The van der Waals surface area contributed by atoms with Crippen molar-refractivity contribution in [3.05, 3.63) is 35.9 Å². The van der Waals surface area contributed by atoms with Gasteiger partial charge in [-0.15, -0.1) is 0 Å². The van der Waals surface area contributed by atoms with Crippen LogP contribution in [0.1, 0.15) is 56.6 Å². The zero-order chi connectivity index (χ0) is 17.7. The monoisotopic (exact) mass is 353 g/mol. The highest BCUT2D eigenvalue weighted by Crippen LogP contribution is 2.57. The maximum Gasteiger partial charge on any atom is 0.310 e. The second-order valence-electron chi connectivity index (χ2n) is 8.97. The van der Waals surface area contributed by atoms with Crippen LogP contribution in [0.4, 0.5) is 0 Å². The number of esters is 1. The minimum Gasteiger partial charge on any atom is -0.447 e. The quantitative estimate of drug-likeness (QED) is 0.823. The van der Waals surface area contributed by atoms with Crippen LogP contribution in [0.2, 0.25) is 0 Å². The molecular formula is C22H27NO3. The molecule has 0 unspecified atom stereocenters. The molecule has 6 rings (SSSR count). The average Bonchev–Trinajstić information content (AvgIpc) is 3.43. The fourth-order valence-corrected chi connectivity index (χ4v) is 5.91. The third kappa shape index (κ3) is 3.04. The van der Waals surface area contributed by atoms with E-state index in [9.17, 15) is 9.59 Å². The third-order valence-electron chi connectivity index (χ3n) is 7.00. The maximum absolute atomic E-state index is 13.1. The number of ether oxygens (including phenoxy) is 1. The molecule has 0 radical (unpaired) electrons. The fourth-order valence-electron chi connectivity index (χ4n) is 5.91. The number of nitrogens with one attached hydrogen (secondary N) is 1. The van der Waals surface area contributed by atoms with Crippen LogP contribution in [-0.4, -0.2) is 17.9 Å². The first-order valence-electron chi connectivity index (χ1n) is 10.2. The standard InChI is InChI=1S/C22H27NO3/c24-21(23-18-6-7-18)20(15-4-2-1-3-5-15)26-22(25)19-16-9-13-8-14(11-16)12-17(19)10-13/h1-5,13-14,16-20H,6-12H2,(H,23,24)/t13?,14?,16?,17?,19?,20-/m1/s1. The van der Waals surface area contributed by atoms with Crippen LogP contribution in [-0.2, 0) is 14.3 Å². The van der Waals surface area contributed by atoms with Crippen LogP contribution in [0.5, 0.6) is 0 Å². The molecule has 0 aliphatic heterocycles. The summed E-state index contributed by atoms with van der Waals surface area (Å²) in [6.45, 7) is 0. The Morgan fingerprint density at radius 1 is 0.923 bits per heavy atom. The first kappa shape index (κ1) is 16.3. The van der Waals surface area contributed by atoms with E-state index in [1.807, 2.05) is 30.3 Å². The first-order valence-corrected chi connectivity index (χ1v) is 10.2. The molecule has 0 saturated heterocycles. The molecule has 5 saturated carbocycles. The van der Waals surface area contributed by atoms with Crippen molar-refractivity contribution in [3.8, 4) is 0 Å². The third-order valence-corrected chi connectivity index (χ3v) is 7.00. The Morgan fingerprint density at radius 2 is 1.54 bits per heavy atom. The van der Waals surface area contributed by atoms with Gasteiger partial charge in [0.2, 0.25) is 6.10 Å². The number of rotatable bonds is 5. The topological polar surface area (TPSA) is 55.4 Å². The van der Waals surface area contributed by atoms with E-state index in [1.165, 1.54) is 32.1 Å². The summed E-state index contributed by atoms with van der Waals surface area (Å²) in [5.74, 6) is 2.29. The van der Waals surface area contributed by atoms with Gasteiger partial charge in [0.1, 0.15) is 0 Å². The molecule has 1 aromatic carbocycles. The minimum atomic E-state index is -0.818. The van der Waals surface area contributed by atoms with Crippen molar-refractivity contribution >= 4 is 11.9 Å². The molecule has 1 atom stereocenters. The van der Waals surface area contributed by atoms with Crippen LogP contribution >= 0.6 is 0 Å². The molecule has 5 aliphatic carbocycles. The Labute approximate surface area is 154 Å². The highest BCUT2D eigenvalue weighted by molar-refractivity contribution is 5.86. The summed E-state index contributed by atoms with van der Waals surface area (Å²) in [6, 6.07) is 9.71. The first-order chi connectivity index (χ1) is 12.7. The molecule has 4 bridgehead atoms. The predicted octanol–water partition coefficient (Wildman–Crippen LogP) is 3.62. The van der Waals surface area contributed by atoms with Crippen molar-refractivity contribution < 1.29 is 14.3 Å². The van der Waals surface area contributed by atoms with Crippen molar-refractivity contribution in [3.63, 3.8) is 0 Å². The number of hydrogen-bond donors (Lipinski definition) is 1. The molecule has 0 aromatic heterocycles. The lowest BCUT2D eigenvalue weighted by atomic mass is 9.52. The number of benzene rings is 1. The van der Waals surface area contributed by atoms with E-state index in [1.54, 1.807) is 0 Å². The van der Waals surface area contributed by atoms with Gasteiger partial charge in [0.05, 0.1) is 5.92 Å². The lowest BCUT2D eigenvalue weighted by molar-refractivity contribution is -0.172. The van der Waals surface area contributed by atoms with E-state index in [2.05, 4.69) is 5.32 Å². The predicted molar refractivity (Wildman–Crippen MR) is 97.0 cm³/mol. The van der Waals surface area contributed by atoms with Crippen LogP contribution in [0.25, 0.3) is 0 Å². The van der Waals surface area contributed by atoms with Crippen LogP contribution in [0.3, 0.4) is 0 Å². The van der Waals surface area contributed by atoms with Gasteiger partial charge in [-0.1, -0.05) is 30.3 Å². The Morgan fingerprint density at radius 3 is 2.12 bits per heavy atom. The molecule has 4 nitrogen and oxygen atoms in total. The van der Waals surface area contributed by atoms with Gasteiger partial charge in [-0.05, 0) is 68.6 Å². The summed E-state index contributed by atoms with van der Waals surface area (Å²) in [6.07, 6.45) is 7.31. The van der Waals surface area contributed by atoms with Crippen LogP contribution < -0.4 is 5.32 Å². The number of amides is 1. The largest absolute Gasteiger partial charge is 0.447 e. The highest BCUT2D eigenvalue weighted by atomic mass is 16.5. The zero-order valence-electron chi connectivity index (χ0n) is 15.1. The van der Waals surface area contributed by atoms with E-state index < -0.39 is 6.10 Å². The summed E-state index contributed by atoms with van der Waals surface area (Å²) in [7, 11) is 0. The summed E-state index contributed by atoms with van der Waals surface area (Å²) >= 11 is 0. The molecule has 4 heteroatoms. The Hall–Kier alpha value is -1.84. The van der Waals surface area contributed by atoms with E-state index >= 15 is 0 Å². The molecule has 26 heavy (non-hydrogen) atoms. The van der Waals surface area contributed by atoms with Gasteiger partial charge in [-0.25, -0.2) is 0 Å². The van der Waals surface area contributed by atoms with Gasteiger partial charge < -0.3 is 10.1 Å². The average molecular weight is 353 g/mol. The summed E-state index contributed by atoms with van der Waals surface area (Å²) in [4.78, 5) is 25.9. The van der Waals surface area contributed by atoms with Crippen molar-refractivity contribution in [2.24, 2.45) is 29.6 Å². The summed E-state index contributed by atoms with van der Waals surface area (Å²) in [5.41, 5.74) is 0.766. The van der Waals surface area contributed by atoms with Gasteiger partial charge >= 0.3 is 5.97 Å². The van der Waals surface area contributed by atoms with Crippen molar-refractivity contribution in [2.75, 3.05) is 0 Å². The van der Waals surface area contributed by atoms with Crippen molar-refractivity contribution in [2.45, 2.75) is 57.1 Å².